The molecule has 1 aliphatic rings. The Morgan fingerprint density at radius 3 is 2.35 bits per heavy atom. The normalized spacial score (nSPS) is 33.6. The number of aliphatic hydroxyl groups is 1. The molecular formula is C6H14O9P2. The largest absolute Gasteiger partial charge is 0.481 e. The second-order valence-corrected chi connectivity index (χ2v) is 6.45. The summed E-state index contributed by atoms with van der Waals surface area (Å²) in [4.78, 5) is 25.6. The summed E-state index contributed by atoms with van der Waals surface area (Å²) in [6.45, 7) is 1.20. The molecule has 0 aromatic heterocycles. The third-order valence-electron chi connectivity index (χ3n) is 2.02. The van der Waals surface area contributed by atoms with Crippen molar-refractivity contribution in [1.29, 1.82) is 0 Å². The van der Waals surface area contributed by atoms with E-state index in [1.807, 2.05) is 0 Å². The maximum absolute atomic E-state index is 11.1. The van der Waals surface area contributed by atoms with Crippen molar-refractivity contribution in [2.24, 2.45) is 0 Å². The molecule has 0 aliphatic carbocycles. The summed E-state index contributed by atoms with van der Waals surface area (Å²) in [5, 5.41) is 9.42. The molecule has 4 unspecified atom stereocenters. The number of phosphoric ester groups is 1. The van der Waals surface area contributed by atoms with E-state index in [-0.39, 0.29) is 6.10 Å². The van der Waals surface area contributed by atoms with Crippen LogP contribution in [0.2, 0.25) is 0 Å². The van der Waals surface area contributed by atoms with Gasteiger partial charge in [-0.2, -0.15) is 4.31 Å². The van der Waals surface area contributed by atoms with Crippen LogP contribution in [0.3, 0.4) is 0 Å². The van der Waals surface area contributed by atoms with E-state index >= 15 is 0 Å². The highest BCUT2D eigenvalue weighted by Gasteiger charge is 2.37. The molecule has 1 aliphatic heterocycles. The van der Waals surface area contributed by atoms with Gasteiger partial charge in [0, 0.05) is 6.42 Å². The molecule has 0 bridgehead atoms. The van der Waals surface area contributed by atoms with Gasteiger partial charge in [-0.25, -0.2) is 9.13 Å². The molecule has 11 heteroatoms. The van der Waals surface area contributed by atoms with Crippen LogP contribution in [0.1, 0.15) is 13.3 Å². The fourth-order valence-electron chi connectivity index (χ4n) is 1.41. The summed E-state index contributed by atoms with van der Waals surface area (Å²) in [6.07, 6.45) is -1.56. The predicted molar refractivity (Wildman–Crippen MR) is 53.9 cm³/mol. The van der Waals surface area contributed by atoms with Gasteiger partial charge in [0.15, 0.2) is 0 Å². The SMILES string of the molecule is CC1CC(O)C(COP(=O)(O)OP(=O)(O)O)O1. The van der Waals surface area contributed by atoms with Crippen LogP contribution in [0.15, 0.2) is 0 Å². The lowest BCUT2D eigenvalue weighted by Crippen LogP contribution is -2.26. The van der Waals surface area contributed by atoms with Crippen molar-refractivity contribution in [2.75, 3.05) is 6.61 Å². The van der Waals surface area contributed by atoms with Crippen molar-refractivity contribution < 1.29 is 42.5 Å². The van der Waals surface area contributed by atoms with Gasteiger partial charge in [-0.3, -0.25) is 4.52 Å². The van der Waals surface area contributed by atoms with E-state index in [0.29, 0.717) is 6.42 Å². The molecule has 17 heavy (non-hydrogen) atoms. The van der Waals surface area contributed by atoms with E-state index < -0.39 is 34.5 Å². The lowest BCUT2D eigenvalue weighted by Gasteiger charge is -2.17. The highest BCUT2D eigenvalue weighted by atomic mass is 31.3. The zero-order valence-corrected chi connectivity index (χ0v) is 10.7. The summed E-state index contributed by atoms with van der Waals surface area (Å²) in [7, 11) is -9.98. The van der Waals surface area contributed by atoms with E-state index in [0.717, 1.165) is 0 Å². The first-order valence-electron chi connectivity index (χ1n) is 4.67. The molecule has 4 atom stereocenters. The molecule has 4 N–H and O–H groups in total. The van der Waals surface area contributed by atoms with Gasteiger partial charge in [0.1, 0.15) is 6.10 Å². The van der Waals surface area contributed by atoms with Crippen LogP contribution in [0.4, 0.5) is 0 Å². The van der Waals surface area contributed by atoms with Gasteiger partial charge in [-0.15, -0.1) is 0 Å². The Kier molecular flexibility index (Phi) is 4.88. The maximum atomic E-state index is 11.1. The first-order valence-corrected chi connectivity index (χ1v) is 7.69. The first-order chi connectivity index (χ1) is 7.59. The summed E-state index contributed by atoms with van der Waals surface area (Å²) in [6, 6.07) is 0. The standard InChI is InChI=1S/C6H14O9P2/c1-4-2-5(7)6(14-4)3-13-17(11,12)15-16(8,9)10/h4-7H,2-3H2,1H3,(H,11,12)(H2,8,9,10). The lowest BCUT2D eigenvalue weighted by atomic mass is 10.1. The van der Waals surface area contributed by atoms with Crippen LogP contribution in [-0.2, 0) is 22.7 Å². The second kappa shape index (κ2) is 5.44. The Labute approximate surface area is 97.2 Å². The molecule has 1 saturated heterocycles. The molecule has 0 aromatic carbocycles. The third-order valence-corrected chi connectivity index (χ3v) is 4.17. The average Bonchev–Trinajstić information content (AvgIpc) is 2.37. The summed E-state index contributed by atoms with van der Waals surface area (Å²) in [5.41, 5.74) is 0. The van der Waals surface area contributed by atoms with Gasteiger partial charge < -0.3 is 24.5 Å². The van der Waals surface area contributed by atoms with Gasteiger partial charge in [0.2, 0.25) is 0 Å². The average molecular weight is 292 g/mol. The topological polar surface area (TPSA) is 143 Å². The van der Waals surface area contributed by atoms with Crippen molar-refractivity contribution >= 4 is 15.6 Å². The van der Waals surface area contributed by atoms with Crippen molar-refractivity contribution in [3.63, 3.8) is 0 Å². The van der Waals surface area contributed by atoms with E-state index in [1.54, 1.807) is 6.92 Å². The van der Waals surface area contributed by atoms with Crippen LogP contribution in [0.5, 0.6) is 0 Å². The number of ether oxygens (including phenoxy) is 1. The Morgan fingerprint density at radius 1 is 1.35 bits per heavy atom. The Balaban J connectivity index is 2.45. The fourth-order valence-corrected chi connectivity index (χ4v) is 3.01. The number of rotatable bonds is 5. The monoisotopic (exact) mass is 292 g/mol. The number of hydrogen-bond acceptors (Lipinski definition) is 6. The van der Waals surface area contributed by atoms with Crippen LogP contribution < -0.4 is 0 Å². The Bertz CT molecular complexity index is 351. The lowest BCUT2D eigenvalue weighted by molar-refractivity contribution is -0.0167. The van der Waals surface area contributed by atoms with E-state index in [4.69, 9.17) is 19.4 Å². The quantitative estimate of drug-likeness (QED) is 0.504. The zero-order chi connectivity index (χ0) is 13.3. The summed E-state index contributed by atoms with van der Waals surface area (Å²) >= 11 is 0. The molecule has 0 aromatic rings. The van der Waals surface area contributed by atoms with Gasteiger partial charge in [0.05, 0.1) is 18.8 Å². The molecule has 9 nitrogen and oxygen atoms in total. The molecule has 0 spiro atoms. The smallest absolute Gasteiger partial charge is 0.390 e. The number of aliphatic hydroxyl groups excluding tert-OH is 1. The molecule has 0 saturated carbocycles. The van der Waals surface area contributed by atoms with Crippen molar-refractivity contribution in [1.82, 2.24) is 0 Å². The number of hydrogen-bond donors (Lipinski definition) is 4. The van der Waals surface area contributed by atoms with Gasteiger partial charge in [-0.05, 0) is 6.92 Å². The highest BCUT2D eigenvalue weighted by Crippen LogP contribution is 2.57. The van der Waals surface area contributed by atoms with Crippen LogP contribution in [-0.4, -0.2) is 44.7 Å². The maximum Gasteiger partial charge on any atom is 0.481 e. The summed E-state index contributed by atoms with van der Waals surface area (Å²) < 4.78 is 34.4. The molecule has 102 valence electrons. The van der Waals surface area contributed by atoms with Crippen LogP contribution in [0, 0.1) is 0 Å². The summed E-state index contributed by atoms with van der Waals surface area (Å²) in [5.74, 6) is 0. The van der Waals surface area contributed by atoms with Gasteiger partial charge in [0.25, 0.3) is 0 Å². The first kappa shape index (κ1) is 15.2. The fraction of sp³-hybridized carbons (Fsp3) is 1.00. The molecular weight excluding hydrogens is 278 g/mol. The van der Waals surface area contributed by atoms with Crippen LogP contribution >= 0.6 is 15.6 Å². The second-order valence-electron chi connectivity index (χ2n) is 3.62. The van der Waals surface area contributed by atoms with Crippen molar-refractivity contribution in [3.8, 4) is 0 Å². The molecule has 1 fully saturated rings. The molecule has 1 heterocycles. The minimum absolute atomic E-state index is 0.223. The highest BCUT2D eigenvalue weighted by molar-refractivity contribution is 7.60. The molecule has 0 radical (unpaired) electrons. The predicted octanol–water partition coefficient (Wildman–Crippen LogP) is -0.249. The van der Waals surface area contributed by atoms with Gasteiger partial charge >= 0.3 is 15.6 Å². The van der Waals surface area contributed by atoms with Crippen molar-refractivity contribution in [3.05, 3.63) is 0 Å². The van der Waals surface area contributed by atoms with Crippen LogP contribution in [0.25, 0.3) is 0 Å². The van der Waals surface area contributed by atoms with E-state index in [2.05, 4.69) is 8.83 Å². The van der Waals surface area contributed by atoms with E-state index in [9.17, 15) is 14.2 Å². The minimum atomic E-state index is -5.12. The molecule has 1 rings (SSSR count). The zero-order valence-electron chi connectivity index (χ0n) is 8.87. The Hall–Kier alpha value is 0.180. The molecule has 0 amide bonds. The van der Waals surface area contributed by atoms with E-state index in [1.165, 1.54) is 0 Å². The minimum Gasteiger partial charge on any atom is -0.390 e. The van der Waals surface area contributed by atoms with Crippen molar-refractivity contribution in [2.45, 2.75) is 31.7 Å². The number of phosphoric acid groups is 2. The Morgan fingerprint density at radius 2 is 1.94 bits per heavy atom. The van der Waals surface area contributed by atoms with Gasteiger partial charge in [-0.1, -0.05) is 0 Å². The third kappa shape index (κ3) is 5.56.